The van der Waals surface area contributed by atoms with Crippen LogP contribution in [0.15, 0.2) is 47.6 Å². The van der Waals surface area contributed by atoms with Crippen LogP contribution in [0.5, 0.6) is 5.75 Å². The summed E-state index contributed by atoms with van der Waals surface area (Å²) in [4.78, 5) is 0. The Labute approximate surface area is 153 Å². The Bertz CT molecular complexity index is 860. The van der Waals surface area contributed by atoms with Crippen molar-refractivity contribution in [3.05, 3.63) is 64.7 Å². The molecule has 1 aliphatic carbocycles. The van der Waals surface area contributed by atoms with Crippen molar-refractivity contribution in [1.29, 1.82) is 0 Å². The van der Waals surface area contributed by atoms with Gasteiger partial charge in [0, 0.05) is 11.5 Å². The summed E-state index contributed by atoms with van der Waals surface area (Å²) in [5, 5.41) is 6.98. The fourth-order valence-electron chi connectivity index (χ4n) is 3.94. The van der Waals surface area contributed by atoms with Crippen molar-refractivity contribution in [2.75, 3.05) is 7.11 Å². The number of hydrazone groups is 1. The van der Waals surface area contributed by atoms with Crippen LogP contribution in [0.4, 0.5) is 0 Å². The number of rotatable bonds is 2. The normalized spacial score (nSPS) is 21.4. The number of nitrogens with two attached hydrogens (primary N) is 1. The molecule has 2 aliphatic rings. The Morgan fingerprint density at radius 1 is 1.24 bits per heavy atom. The summed E-state index contributed by atoms with van der Waals surface area (Å²) in [7, 11) is 1.67. The number of hydrogen-bond acceptors (Lipinski definition) is 3. The molecule has 2 atom stereocenters. The molecule has 128 valence electrons. The van der Waals surface area contributed by atoms with Gasteiger partial charge in [-0.05, 0) is 61.3 Å². The van der Waals surface area contributed by atoms with Gasteiger partial charge in [-0.15, -0.1) is 0 Å². The van der Waals surface area contributed by atoms with Gasteiger partial charge < -0.3 is 10.5 Å². The molecule has 5 heteroatoms. The number of hydrogen-bond donors (Lipinski definition) is 1. The zero-order chi connectivity index (χ0) is 17.6. The third-order valence-corrected chi connectivity index (χ3v) is 5.35. The van der Waals surface area contributed by atoms with E-state index in [2.05, 4.69) is 37.3 Å². The van der Waals surface area contributed by atoms with E-state index in [9.17, 15) is 0 Å². The van der Waals surface area contributed by atoms with Crippen molar-refractivity contribution in [3.63, 3.8) is 0 Å². The average molecular weight is 351 g/mol. The molecule has 1 heterocycles. The summed E-state index contributed by atoms with van der Waals surface area (Å²) in [6, 6.07) is 14.8. The lowest BCUT2D eigenvalue weighted by atomic mass is 9.77. The van der Waals surface area contributed by atoms with Gasteiger partial charge in [0.25, 0.3) is 0 Å². The van der Waals surface area contributed by atoms with E-state index in [1.165, 1.54) is 16.7 Å². The Morgan fingerprint density at radius 2 is 2.00 bits per heavy atom. The third kappa shape index (κ3) is 2.68. The lowest BCUT2D eigenvalue weighted by molar-refractivity contribution is 0.309. The molecule has 25 heavy (non-hydrogen) atoms. The summed E-state index contributed by atoms with van der Waals surface area (Å²) in [5.41, 5.74) is 12.1. The van der Waals surface area contributed by atoms with Crippen molar-refractivity contribution in [2.45, 2.75) is 25.8 Å². The van der Waals surface area contributed by atoms with Crippen molar-refractivity contribution in [3.8, 4) is 5.75 Å². The van der Waals surface area contributed by atoms with Gasteiger partial charge in [0.05, 0.1) is 18.9 Å². The number of thiocarbonyl (C=S) groups is 1. The largest absolute Gasteiger partial charge is 0.497 e. The minimum Gasteiger partial charge on any atom is -0.497 e. The van der Waals surface area contributed by atoms with Crippen LogP contribution in [-0.4, -0.2) is 22.9 Å². The van der Waals surface area contributed by atoms with Gasteiger partial charge in [-0.3, -0.25) is 0 Å². The molecule has 4 rings (SSSR count). The maximum absolute atomic E-state index is 6.01. The molecule has 1 unspecified atom stereocenters. The Morgan fingerprint density at radius 3 is 2.68 bits per heavy atom. The quantitative estimate of drug-likeness (QED) is 0.841. The monoisotopic (exact) mass is 351 g/mol. The van der Waals surface area contributed by atoms with E-state index in [1.807, 2.05) is 17.1 Å². The van der Waals surface area contributed by atoms with E-state index in [4.69, 9.17) is 27.8 Å². The lowest BCUT2D eigenvalue weighted by Gasteiger charge is -2.30. The van der Waals surface area contributed by atoms with Gasteiger partial charge in [0.1, 0.15) is 5.75 Å². The molecular weight excluding hydrogens is 330 g/mol. The van der Waals surface area contributed by atoms with Crippen LogP contribution in [0.1, 0.15) is 34.7 Å². The number of benzene rings is 2. The first kappa shape index (κ1) is 16.1. The predicted octanol–water partition coefficient (Wildman–Crippen LogP) is 3.57. The number of aryl methyl sites for hydroxylation is 2. The Hall–Kier alpha value is -2.40. The molecule has 0 saturated carbocycles. The summed E-state index contributed by atoms with van der Waals surface area (Å²) >= 11 is 5.30. The molecule has 0 bridgehead atoms. The van der Waals surface area contributed by atoms with Crippen molar-refractivity contribution in [2.24, 2.45) is 16.8 Å². The summed E-state index contributed by atoms with van der Waals surface area (Å²) in [5.74, 6) is 1.14. The van der Waals surface area contributed by atoms with Crippen LogP contribution in [-0.2, 0) is 6.42 Å². The number of nitrogens with zero attached hydrogens (tertiary/aromatic N) is 2. The zero-order valence-electron chi connectivity index (χ0n) is 14.4. The van der Waals surface area contributed by atoms with Gasteiger partial charge in [0.2, 0.25) is 0 Å². The maximum Gasteiger partial charge on any atom is 0.187 e. The average Bonchev–Trinajstić information content (AvgIpc) is 3.02. The van der Waals surface area contributed by atoms with E-state index in [1.54, 1.807) is 7.11 Å². The highest BCUT2D eigenvalue weighted by Gasteiger charge is 2.42. The molecule has 2 N–H and O–H groups in total. The third-order valence-electron chi connectivity index (χ3n) is 5.16. The molecule has 0 saturated heterocycles. The number of ether oxygens (including phenoxy) is 1. The molecule has 0 radical (unpaired) electrons. The first-order chi connectivity index (χ1) is 12.1. The van der Waals surface area contributed by atoms with Gasteiger partial charge in [0.15, 0.2) is 5.11 Å². The number of fused-ring (bicyclic) bond motifs is 3. The predicted molar refractivity (Wildman–Crippen MR) is 104 cm³/mol. The van der Waals surface area contributed by atoms with Crippen molar-refractivity contribution >= 4 is 23.0 Å². The van der Waals surface area contributed by atoms with E-state index < -0.39 is 0 Å². The highest BCUT2D eigenvalue weighted by Crippen LogP contribution is 2.43. The second-order valence-corrected chi connectivity index (χ2v) is 7.11. The topological polar surface area (TPSA) is 50.8 Å². The van der Waals surface area contributed by atoms with Gasteiger partial charge in [-0.2, -0.15) is 5.10 Å². The van der Waals surface area contributed by atoms with Gasteiger partial charge in [-0.1, -0.05) is 29.8 Å². The standard InChI is InChI=1S/C20H21N3OS/c1-12-3-4-13-7-10-16-18(17(13)11-12)22-23(20(21)25)19(16)14-5-8-15(24-2)9-6-14/h3-6,8-9,11,16,19H,7,10H2,1-2H3,(H2,21,25)/t16-,19?/m0/s1. The second-order valence-electron chi connectivity index (χ2n) is 6.69. The molecule has 2 aromatic rings. The molecule has 2 aromatic carbocycles. The highest BCUT2D eigenvalue weighted by molar-refractivity contribution is 7.80. The molecule has 0 aromatic heterocycles. The molecular formula is C20H21N3OS. The lowest BCUT2D eigenvalue weighted by Crippen LogP contribution is -2.35. The van der Waals surface area contributed by atoms with Crippen molar-refractivity contribution < 1.29 is 4.74 Å². The summed E-state index contributed by atoms with van der Waals surface area (Å²) in [6.45, 7) is 2.12. The van der Waals surface area contributed by atoms with Crippen LogP contribution in [0.25, 0.3) is 0 Å². The van der Waals surface area contributed by atoms with Gasteiger partial charge >= 0.3 is 0 Å². The zero-order valence-corrected chi connectivity index (χ0v) is 15.2. The molecule has 0 amide bonds. The maximum atomic E-state index is 6.01. The SMILES string of the molecule is COc1ccc(C2[C@H]3CCc4ccc(C)cc4C3=NN2C(N)=S)cc1. The summed E-state index contributed by atoms with van der Waals surface area (Å²) in [6.07, 6.45) is 2.10. The molecule has 0 spiro atoms. The van der Waals surface area contributed by atoms with Crippen LogP contribution in [0.2, 0.25) is 0 Å². The molecule has 4 nitrogen and oxygen atoms in total. The van der Waals surface area contributed by atoms with Crippen LogP contribution in [0.3, 0.4) is 0 Å². The molecule has 0 fully saturated rings. The Balaban J connectivity index is 1.78. The van der Waals surface area contributed by atoms with Crippen LogP contribution in [0, 0.1) is 12.8 Å². The first-order valence-corrected chi connectivity index (χ1v) is 8.90. The number of methoxy groups -OCH3 is 1. The summed E-state index contributed by atoms with van der Waals surface area (Å²) < 4.78 is 5.28. The fourth-order valence-corrected chi connectivity index (χ4v) is 4.09. The first-order valence-electron chi connectivity index (χ1n) is 8.49. The fraction of sp³-hybridized carbons (Fsp3) is 0.300. The molecule has 1 aliphatic heterocycles. The minimum atomic E-state index is 0.0482. The highest BCUT2D eigenvalue weighted by atomic mass is 32.1. The second kappa shape index (κ2) is 6.15. The smallest absolute Gasteiger partial charge is 0.187 e. The van der Waals surface area contributed by atoms with E-state index in [-0.39, 0.29) is 6.04 Å². The van der Waals surface area contributed by atoms with E-state index >= 15 is 0 Å². The Kier molecular flexibility index (Phi) is 3.96. The van der Waals surface area contributed by atoms with Crippen molar-refractivity contribution in [1.82, 2.24) is 5.01 Å². The van der Waals surface area contributed by atoms with Gasteiger partial charge in [-0.25, -0.2) is 5.01 Å². The van der Waals surface area contributed by atoms with E-state index in [0.29, 0.717) is 11.0 Å². The van der Waals surface area contributed by atoms with Crippen LogP contribution < -0.4 is 10.5 Å². The minimum absolute atomic E-state index is 0.0482. The van der Waals surface area contributed by atoms with Crippen LogP contribution >= 0.6 is 12.2 Å². The van der Waals surface area contributed by atoms with E-state index in [0.717, 1.165) is 29.9 Å².